The van der Waals surface area contributed by atoms with Crippen LogP contribution in [0.4, 0.5) is 0 Å². The molecule has 3 aromatic rings. The Morgan fingerprint density at radius 3 is 2.37 bits per heavy atom. The molecule has 0 atom stereocenters. The molecule has 4 rings (SSSR count). The summed E-state index contributed by atoms with van der Waals surface area (Å²) in [4.78, 5) is 4.45. The molecule has 0 aliphatic carbocycles. The highest BCUT2D eigenvalue weighted by atomic mass is 32.2. The number of furan rings is 1. The predicted molar refractivity (Wildman–Crippen MR) is 110 cm³/mol. The zero-order chi connectivity index (χ0) is 21.5. The van der Waals surface area contributed by atoms with Gasteiger partial charge in [0.25, 0.3) is 15.9 Å². The van der Waals surface area contributed by atoms with Crippen LogP contribution >= 0.6 is 0 Å². The maximum Gasteiger partial charge on any atom is 0.276 e. The lowest BCUT2D eigenvalue weighted by Gasteiger charge is -2.24. The number of rotatable bonds is 4. The van der Waals surface area contributed by atoms with Crippen molar-refractivity contribution >= 4 is 10.0 Å². The number of nitrogens with zero attached hydrogens (tertiary/aromatic N) is 3. The smallest absolute Gasteiger partial charge is 0.276 e. The number of ether oxygens (including phenoxy) is 1. The summed E-state index contributed by atoms with van der Waals surface area (Å²) in [5.74, 6) is 1.05. The van der Waals surface area contributed by atoms with Gasteiger partial charge in [0, 0.05) is 24.7 Å². The normalized spacial score (nSPS) is 16.1. The second-order valence-electron chi connectivity index (χ2n) is 8.30. The summed E-state index contributed by atoms with van der Waals surface area (Å²) in [5, 5.41) is 3.92. The summed E-state index contributed by atoms with van der Waals surface area (Å²) in [6.07, 6.45) is 0. The van der Waals surface area contributed by atoms with Gasteiger partial charge in [0.2, 0.25) is 10.9 Å². The first-order valence-electron chi connectivity index (χ1n) is 9.79. The van der Waals surface area contributed by atoms with Gasteiger partial charge < -0.3 is 13.7 Å². The molecule has 160 valence electrons. The molecule has 0 unspecified atom stereocenters. The van der Waals surface area contributed by atoms with Crippen LogP contribution in [0.15, 0.2) is 44.4 Å². The minimum absolute atomic E-state index is 0.0528. The quantitative estimate of drug-likeness (QED) is 0.622. The second kappa shape index (κ2) is 7.64. The third kappa shape index (κ3) is 3.92. The summed E-state index contributed by atoms with van der Waals surface area (Å²) in [5.41, 5.74) is 2.54. The summed E-state index contributed by atoms with van der Waals surface area (Å²) < 4.78 is 43.2. The van der Waals surface area contributed by atoms with Crippen molar-refractivity contribution in [1.82, 2.24) is 14.4 Å². The fraction of sp³-hybridized carbons (Fsp3) is 0.429. The van der Waals surface area contributed by atoms with Crippen molar-refractivity contribution in [2.45, 2.75) is 38.2 Å². The number of aryl methyl sites for hydroxylation is 1. The second-order valence-corrected chi connectivity index (χ2v) is 10.2. The van der Waals surface area contributed by atoms with Gasteiger partial charge in [-0.1, -0.05) is 50.2 Å². The molecule has 9 heteroatoms. The first-order valence-corrected chi connectivity index (χ1v) is 11.2. The van der Waals surface area contributed by atoms with Crippen molar-refractivity contribution in [3.63, 3.8) is 0 Å². The van der Waals surface area contributed by atoms with Crippen LogP contribution in [0.3, 0.4) is 0 Å². The highest BCUT2D eigenvalue weighted by Gasteiger charge is 2.31. The number of benzene rings is 1. The highest BCUT2D eigenvalue weighted by Crippen LogP contribution is 2.31. The average molecular weight is 432 g/mol. The minimum atomic E-state index is -3.74. The van der Waals surface area contributed by atoms with Gasteiger partial charge in [0.15, 0.2) is 0 Å². The zero-order valence-electron chi connectivity index (χ0n) is 17.5. The average Bonchev–Trinajstić information content (AvgIpc) is 3.35. The Labute approximate surface area is 175 Å². The Bertz CT molecular complexity index is 1130. The van der Waals surface area contributed by atoms with E-state index < -0.39 is 10.0 Å². The maximum absolute atomic E-state index is 12.8. The summed E-state index contributed by atoms with van der Waals surface area (Å²) in [6.45, 7) is 9.46. The maximum atomic E-state index is 12.8. The van der Waals surface area contributed by atoms with Gasteiger partial charge in [-0.3, -0.25) is 0 Å². The zero-order valence-corrected chi connectivity index (χ0v) is 18.3. The van der Waals surface area contributed by atoms with Crippen molar-refractivity contribution in [3.05, 3.63) is 41.7 Å². The first kappa shape index (κ1) is 20.8. The topological polar surface area (TPSA) is 98.7 Å². The molecule has 3 heterocycles. The Hall–Kier alpha value is -2.49. The van der Waals surface area contributed by atoms with Gasteiger partial charge in [0.05, 0.1) is 18.8 Å². The highest BCUT2D eigenvalue weighted by molar-refractivity contribution is 7.89. The van der Waals surface area contributed by atoms with E-state index in [0.717, 1.165) is 5.56 Å². The van der Waals surface area contributed by atoms with Crippen LogP contribution < -0.4 is 0 Å². The monoisotopic (exact) mass is 431 g/mol. The van der Waals surface area contributed by atoms with Crippen LogP contribution in [0, 0.1) is 6.92 Å². The third-order valence-electron chi connectivity index (χ3n) is 5.12. The lowest BCUT2D eigenvalue weighted by atomic mass is 9.87. The number of hydrogen-bond donors (Lipinski definition) is 0. The molecule has 1 aliphatic rings. The van der Waals surface area contributed by atoms with Crippen LogP contribution in [0.2, 0.25) is 0 Å². The lowest BCUT2D eigenvalue weighted by Crippen LogP contribution is -2.40. The number of morpholine rings is 1. The van der Waals surface area contributed by atoms with Gasteiger partial charge >= 0.3 is 0 Å². The molecule has 0 radical (unpaired) electrons. The van der Waals surface area contributed by atoms with E-state index in [1.807, 2.05) is 24.3 Å². The molecule has 1 aliphatic heterocycles. The molecule has 0 saturated carbocycles. The molecule has 30 heavy (non-hydrogen) atoms. The summed E-state index contributed by atoms with van der Waals surface area (Å²) in [6, 6.07) is 9.43. The van der Waals surface area contributed by atoms with Gasteiger partial charge in [0.1, 0.15) is 5.76 Å². The fourth-order valence-corrected chi connectivity index (χ4v) is 4.66. The Morgan fingerprint density at radius 2 is 1.73 bits per heavy atom. The van der Waals surface area contributed by atoms with Gasteiger partial charge in [-0.05, 0) is 17.9 Å². The molecule has 0 spiro atoms. The van der Waals surface area contributed by atoms with Crippen LogP contribution in [0.1, 0.15) is 32.1 Å². The van der Waals surface area contributed by atoms with Gasteiger partial charge in [-0.15, -0.1) is 0 Å². The molecule has 2 aromatic heterocycles. The largest absolute Gasteiger partial charge is 0.448 e. The molecule has 1 aromatic carbocycles. The Morgan fingerprint density at radius 1 is 1.07 bits per heavy atom. The molecule has 1 fully saturated rings. The lowest BCUT2D eigenvalue weighted by molar-refractivity contribution is 0.0724. The van der Waals surface area contributed by atoms with Crippen LogP contribution in [-0.2, 0) is 20.2 Å². The SMILES string of the molecule is Cc1oc(S(=O)(=O)N2CCOCC2)cc1-c1nc(-c2ccc(C(C)(C)C)cc2)no1. The van der Waals surface area contributed by atoms with E-state index in [0.29, 0.717) is 43.5 Å². The molecular weight excluding hydrogens is 406 g/mol. The molecule has 0 N–H and O–H groups in total. The number of aromatic nitrogens is 2. The van der Waals surface area contributed by atoms with Crippen LogP contribution in [0.5, 0.6) is 0 Å². The molecule has 0 bridgehead atoms. The Balaban J connectivity index is 1.61. The van der Waals surface area contributed by atoms with E-state index in [-0.39, 0.29) is 16.4 Å². The van der Waals surface area contributed by atoms with Crippen molar-refractivity contribution in [1.29, 1.82) is 0 Å². The van der Waals surface area contributed by atoms with E-state index in [4.69, 9.17) is 13.7 Å². The Kier molecular flexibility index (Phi) is 5.29. The van der Waals surface area contributed by atoms with Gasteiger partial charge in [-0.2, -0.15) is 9.29 Å². The predicted octanol–water partition coefficient (Wildman–Crippen LogP) is 3.62. The fourth-order valence-electron chi connectivity index (χ4n) is 3.28. The standard InChI is InChI=1S/C21H25N3O5S/c1-14-17(13-18(28-14)30(25,26)24-9-11-27-12-10-24)20-22-19(23-29-20)15-5-7-16(8-6-15)21(2,3)4/h5-8,13H,9-12H2,1-4H3. The molecule has 1 saturated heterocycles. The summed E-state index contributed by atoms with van der Waals surface area (Å²) in [7, 11) is -3.74. The minimum Gasteiger partial charge on any atom is -0.448 e. The van der Waals surface area contributed by atoms with Crippen molar-refractivity contribution < 1.29 is 22.1 Å². The molecule has 8 nitrogen and oxygen atoms in total. The molecular formula is C21H25N3O5S. The summed E-state index contributed by atoms with van der Waals surface area (Å²) >= 11 is 0. The van der Waals surface area contributed by atoms with Crippen molar-refractivity contribution in [3.8, 4) is 22.8 Å². The van der Waals surface area contributed by atoms with Crippen LogP contribution in [-0.4, -0.2) is 49.2 Å². The first-order chi connectivity index (χ1) is 14.2. The van der Waals surface area contributed by atoms with E-state index in [2.05, 4.69) is 30.9 Å². The molecule has 0 amide bonds. The van der Waals surface area contributed by atoms with E-state index in [9.17, 15) is 8.42 Å². The van der Waals surface area contributed by atoms with Gasteiger partial charge in [-0.25, -0.2) is 8.42 Å². The van der Waals surface area contributed by atoms with Crippen LogP contribution in [0.25, 0.3) is 22.8 Å². The van der Waals surface area contributed by atoms with E-state index in [1.54, 1.807) is 6.92 Å². The number of sulfonamides is 1. The third-order valence-corrected chi connectivity index (χ3v) is 6.88. The van der Waals surface area contributed by atoms with E-state index >= 15 is 0 Å². The van der Waals surface area contributed by atoms with E-state index in [1.165, 1.54) is 15.9 Å². The van der Waals surface area contributed by atoms with Crippen molar-refractivity contribution in [2.24, 2.45) is 0 Å². The van der Waals surface area contributed by atoms with Crippen molar-refractivity contribution in [2.75, 3.05) is 26.3 Å². The number of hydrogen-bond acceptors (Lipinski definition) is 7.